The molecule has 0 saturated carbocycles. The number of hydrogen-bond acceptors (Lipinski definition) is 4. The molecule has 1 rings (SSSR count). The van der Waals surface area contributed by atoms with Gasteiger partial charge in [0.1, 0.15) is 5.82 Å². The Labute approximate surface area is 99.8 Å². The fourth-order valence-electron chi connectivity index (χ4n) is 1.05. The third kappa shape index (κ3) is 4.22. The van der Waals surface area contributed by atoms with Gasteiger partial charge in [-0.25, -0.2) is 4.98 Å². The standard InChI is InChI=1S/C10H18N4OS/c1-4-7(3)11-9(15)6-16-10-12-8(5-2)13-14-10/h7H,4-6H2,1-3H3,(H,11,15)(H,12,13,14)/t7-/m1/s1. The average Bonchev–Trinajstić information content (AvgIpc) is 2.74. The largest absolute Gasteiger partial charge is 0.353 e. The Balaban J connectivity index is 2.31. The van der Waals surface area contributed by atoms with Gasteiger partial charge in [0.15, 0.2) is 0 Å². The van der Waals surface area contributed by atoms with Crippen molar-refractivity contribution in [3.63, 3.8) is 0 Å². The van der Waals surface area contributed by atoms with E-state index in [1.54, 1.807) is 0 Å². The van der Waals surface area contributed by atoms with E-state index in [0.29, 0.717) is 10.9 Å². The van der Waals surface area contributed by atoms with Crippen LogP contribution in [0.3, 0.4) is 0 Å². The van der Waals surface area contributed by atoms with E-state index in [9.17, 15) is 4.79 Å². The third-order valence-electron chi connectivity index (χ3n) is 2.20. The number of carbonyl (C=O) groups is 1. The summed E-state index contributed by atoms with van der Waals surface area (Å²) < 4.78 is 0. The molecule has 0 saturated heterocycles. The van der Waals surface area contributed by atoms with Gasteiger partial charge in [-0.2, -0.15) is 0 Å². The summed E-state index contributed by atoms with van der Waals surface area (Å²) in [6, 6.07) is 0.228. The second-order valence-corrected chi connectivity index (χ2v) is 4.53. The number of hydrogen-bond donors (Lipinski definition) is 2. The van der Waals surface area contributed by atoms with E-state index in [4.69, 9.17) is 0 Å². The minimum Gasteiger partial charge on any atom is -0.353 e. The van der Waals surface area contributed by atoms with Crippen LogP contribution < -0.4 is 5.32 Å². The number of aromatic nitrogens is 3. The Morgan fingerprint density at radius 2 is 2.31 bits per heavy atom. The lowest BCUT2D eigenvalue weighted by Crippen LogP contribution is -2.33. The number of thioether (sulfide) groups is 1. The molecule has 1 aromatic heterocycles. The van der Waals surface area contributed by atoms with E-state index in [2.05, 4.69) is 20.5 Å². The van der Waals surface area contributed by atoms with Crippen molar-refractivity contribution in [1.29, 1.82) is 0 Å². The number of aryl methyl sites for hydroxylation is 1. The molecule has 0 aliphatic heterocycles. The van der Waals surface area contributed by atoms with Crippen LogP contribution in [-0.2, 0) is 11.2 Å². The molecular weight excluding hydrogens is 224 g/mol. The first-order valence-corrected chi connectivity index (χ1v) is 6.47. The van der Waals surface area contributed by atoms with Gasteiger partial charge in [-0.3, -0.25) is 9.89 Å². The molecule has 16 heavy (non-hydrogen) atoms. The molecule has 0 aliphatic rings. The summed E-state index contributed by atoms with van der Waals surface area (Å²) in [6.45, 7) is 6.04. The van der Waals surface area contributed by atoms with Gasteiger partial charge in [0.05, 0.1) is 5.75 Å². The lowest BCUT2D eigenvalue weighted by Gasteiger charge is -2.09. The van der Waals surface area contributed by atoms with Gasteiger partial charge in [-0.1, -0.05) is 25.6 Å². The van der Waals surface area contributed by atoms with E-state index in [1.165, 1.54) is 11.8 Å². The SMILES string of the molecule is CCc1nc(SCC(=O)N[C@H](C)CC)n[nH]1. The molecule has 0 fully saturated rings. The first kappa shape index (κ1) is 13.0. The highest BCUT2D eigenvalue weighted by molar-refractivity contribution is 7.99. The first-order chi connectivity index (χ1) is 7.65. The smallest absolute Gasteiger partial charge is 0.230 e. The van der Waals surface area contributed by atoms with E-state index >= 15 is 0 Å². The second kappa shape index (κ2) is 6.52. The highest BCUT2D eigenvalue weighted by Gasteiger charge is 2.08. The van der Waals surface area contributed by atoms with Gasteiger partial charge in [0.25, 0.3) is 0 Å². The van der Waals surface area contributed by atoms with Crippen LogP contribution in [-0.4, -0.2) is 32.9 Å². The monoisotopic (exact) mass is 242 g/mol. The Kier molecular flexibility index (Phi) is 5.31. The lowest BCUT2D eigenvalue weighted by molar-refractivity contribution is -0.119. The van der Waals surface area contributed by atoms with E-state index in [0.717, 1.165) is 18.7 Å². The average molecular weight is 242 g/mol. The summed E-state index contributed by atoms with van der Waals surface area (Å²) in [7, 11) is 0. The molecule has 0 unspecified atom stereocenters. The maximum atomic E-state index is 11.5. The summed E-state index contributed by atoms with van der Waals surface area (Å²) in [5, 5.41) is 10.4. The zero-order valence-electron chi connectivity index (χ0n) is 9.91. The van der Waals surface area contributed by atoms with Crippen LogP contribution in [0.5, 0.6) is 0 Å². The predicted octanol–water partition coefficient (Wildman–Crippen LogP) is 1.37. The van der Waals surface area contributed by atoms with Gasteiger partial charge in [0.2, 0.25) is 11.1 Å². The number of nitrogens with zero attached hydrogens (tertiary/aromatic N) is 2. The number of carbonyl (C=O) groups excluding carboxylic acids is 1. The van der Waals surface area contributed by atoms with E-state index in [1.807, 2.05) is 20.8 Å². The maximum Gasteiger partial charge on any atom is 0.230 e. The van der Waals surface area contributed by atoms with Gasteiger partial charge >= 0.3 is 0 Å². The minimum absolute atomic E-state index is 0.0298. The molecular formula is C10H18N4OS. The van der Waals surface area contributed by atoms with Crippen molar-refractivity contribution in [2.24, 2.45) is 0 Å². The summed E-state index contributed by atoms with van der Waals surface area (Å²) in [5.74, 6) is 1.25. The van der Waals surface area contributed by atoms with Crippen LogP contribution >= 0.6 is 11.8 Å². The lowest BCUT2D eigenvalue weighted by atomic mass is 10.3. The van der Waals surface area contributed by atoms with Crippen LogP contribution in [0.25, 0.3) is 0 Å². The van der Waals surface area contributed by atoms with Crippen LogP contribution in [0.2, 0.25) is 0 Å². The fraction of sp³-hybridized carbons (Fsp3) is 0.700. The Morgan fingerprint density at radius 3 is 2.88 bits per heavy atom. The minimum atomic E-state index is 0.0298. The van der Waals surface area contributed by atoms with Crippen molar-refractivity contribution in [2.75, 3.05) is 5.75 Å². The van der Waals surface area contributed by atoms with Gasteiger partial charge in [-0.05, 0) is 13.3 Å². The quantitative estimate of drug-likeness (QED) is 0.739. The van der Waals surface area contributed by atoms with Crippen molar-refractivity contribution in [3.05, 3.63) is 5.82 Å². The number of amides is 1. The number of aromatic amines is 1. The molecule has 90 valence electrons. The molecule has 1 aromatic rings. The van der Waals surface area contributed by atoms with Crippen molar-refractivity contribution < 1.29 is 4.79 Å². The molecule has 0 bridgehead atoms. The van der Waals surface area contributed by atoms with Gasteiger partial charge in [0, 0.05) is 12.5 Å². The normalized spacial score (nSPS) is 12.4. The molecule has 6 heteroatoms. The molecule has 5 nitrogen and oxygen atoms in total. The van der Waals surface area contributed by atoms with Gasteiger partial charge < -0.3 is 5.32 Å². The second-order valence-electron chi connectivity index (χ2n) is 3.58. The summed E-state index contributed by atoms with van der Waals surface area (Å²) in [5.41, 5.74) is 0. The third-order valence-corrected chi connectivity index (χ3v) is 3.05. The van der Waals surface area contributed by atoms with Crippen molar-refractivity contribution in [2.45, 2.75) is 44.8 Å². The van der Waals surface area contributed by atoms with Crippen LogP contribution in [0.15, 0.2) is 5.16 Å². The van der Waals surface area contributed by atoms with Crippen molar-refractivity contribution in [1.82, 2.24) is 20.5 Å². The van der Waals surface area contributed by atoms with Crippen molar-refractivity contribution >= 4 is 17.7 Å². The summed E-state index contributed by atoms with van der Waals surface area (Å²) in [4.78, 5) is 15.7. The molecule has 2 N–H and O–H groups in total. The molecule has 1 heterocycles. The van der Waals surface area contributed by atoms with Gasteiger partial charge in [-0.15, -0.1) is 5.10 Å². The Bertz CT molecular complexity index is 339. The highest BCUT2D eigenvalue weighted by Crippen LogP contribution is 2.11. The molecule has 0 spiro atoms. The highest BCUT2D eigenvalue weighted by atomic mass is 32.2. The fourth-order valence-corrected chi connectivity index (χ4v) is 1.68. The zero-order chi connectivity index (χ0) is 12.0. The number of rotatable bonds is 6. The first-order valence-electron chi connectivity index (χ1n) is 5.49. The molecule has 1 amide bonds. The molecule has 0 radical (unpaired) electrons. The van der Waals surface area contributed by atoms with Crippen LogP contribution in [0, 0.1) is 0 Å². The van der Waals surface area contributed by atoms with E-state index < -0.39 is 0 Å². The maximum absolute atomic E-state index is 11.5. The van der Waals surface area contributed by atoms with E-state index in [-0.39, 0.29) is 11.9 Å². The number of nitrogens with one attached hydrogen (secondary N) is 2. The molecule has 0 aliphatic carbocycles. The Hall–Kier alpha value is -1.04. The number of H-pyrrole nitrogens is 1. The Morgan fingerprint density at radius 1 is 1.56 bits per heavy atom. The van der Waals surface area contributed by atoms with Crippen LogP contribution in [0.4, 0.5) is 0 Å². The van der Waals surface area contributed by atoms with Crippen LogP contribution in [0.1, 0.15) is 33.0 Å². The predicted molar refractivity (Wildman–Crippen MR) is 64.4 cm³/mol. The summed E-state index contributed by atoms with van der Waals surface area (Å²) >= 11 is 1.35. The molecule has 1 atom stereocenters. The van der Waals surface area contributed by atoms with Crippen molar-refractivity contribution in [3.8, 4) is 0 Å². The molecule has 0 aromatic carbocycles. The topological polar surface area (TPSA) is 70.7 Å². The zero-order valence-corrected chi connectivity index (χ0v) is 10.7. The summed E-state index contributed by atoms with van der Waals surface area (Å²) in [6.07, 6.45) is 1.77.